The van der Waals surface area contributed by atoms with E-state index in [9.17, 15) is 0 Å². The van der Waals surface area contributed by atoms with Crippen molar-refractivity contribution in [3.63, 3.8) is 0 Å². The molecule has 306 valence electrons. The lowest BCUT2D eigenvalue weighted by molar-refractivity contribution is -0.230. The van der Waals surface area contributed by atoms with Crippen LogP contribution in [-0.2, 0) is 44.5 Å². The van der Waals surface area contributed by atoms with Gasteiger partial charge in [-0.2, -0.15) is 0 Å². The first-order chi connectivity index (χ1) is 25.4. The normalized spacial score (nSPS) is 40.2. The molecule has 0 radical (unpaired) electrons. The summed E-state index contributed by atoms with van der Waals surface area (Å²) in [6.07, 6.45) is 16.2. The molecular formula is C44H72NO7PS. The van der Waals surface area contributed by atoms with E-state index < -0.39 is 42.8 Å². The van der Waals surface area contributed by atoms with Crippen LogP contribution in [0, 0.1) is 35.0 Å². The van der Waals surface area contributed by atoms with Crippen molar-refractivity contribution < 1.29 is 32.7 Å². The van der Waals surface area contributed by atoms with E-state index in [-0.39, 0.29) is 12.2 Å². The predicted octanol–water partition coefficient (Wildman–Crippen LogP) is 10.6. The van der Waals surface area contributed by atoms with Crippen molar-refractivity contribution in [3.8, 4) is 0 Å². The van der Waals surface area contributed by atoms with Crippen molar-refractivity contribution in [1.29, 1.82) is 0 Å². The van der Waals surface area contributed by atoms with Gasteiger partial charge < -0.3 is 32.7 Å². The molecule has 6 aliphatic rings. The summed E-state index contributed by atoms with van der Waals surface area (Å²) in [7, 11) is 0. The Morgan fingerprint density at radius 1 is 0.907 bits per heavy atom. The number of nitrogens with zero attached hydrogens (tertiary/aromatic N) is 1. The average molecular weight is 790 g/mol. The lowest BCUT2D eigenvalue weighted by atomic mass is 9.61. The van der Waals surface area contributed by atoms with Crippen molar-refractivity contribution in [2.75, 3.05) is 19.7 Å². The zero-order valence-electron chi connectivity index (χ0n) is 35.3. The summed E-state index contributed by atoms with van der Waals surface area (Å²) in [5.41, 5.74) is 4.46. The molecule has 12 atom stereocenters. The summed E-state index contributed by atoms with van der Waals surface area (Å²) in [4.78, 5) is 0. The molecule has 3 aliphatic carbocycles. The molecule has 3 saturated carbocycles. The Labute approximate surface area is 333 Å². The highest BCUT2D eigenvalue weighted by Crippen LogP contribution is 2.61. The minimum absolute atomic E-state index is 0.0845. The zero-order chi connectivity index (χ0) is 39.2. The van der Waals surface area contributed by atoms with Crippen LogP contribution in [0.3, 0.4) is 0 Å². The molecule has 1 unspecified atom stereocenters. The maximum Gasteiger partial charge on any atom is 0.264 e. The van der Waals surface area contributed by atoms with E-state index in [1.165, 1.54) is 43.3 Å². The lowest BCUT2D eigenvalue weighted by Crippen LogP contribution is -2.45. The van der Waals surface area contributed by atoms with E-state index >= 15 is 0 Å². The van der Waals surface area contributed by atoms with E-state index in [1.54, 1.807) is 5.57 Å². The van der Waals surface area contributed by atoms with Crippen molar-refractivity contribution in [3.05, 3.63) is 47.6 Å². The van der Waals surface area contributed by atoms with Gasteiger partial charge >= 0.3 is 0 Å². The fourth-order valence-corrected chi connectivity index (χ4v) is 13.7. The van der Waals surface area contributed by atoms with Gasteiger partial charge in [0.25, 0.3) is 6.64 Å². The van der Waals surface area contributed by atoms with Crippen LogP contribution in [-0.4, -0.2) is 72.8 Å². The second-order valence-corrected chi connectivity index (χ2v) is 21.9. The standard InChI is InChI=1S/C44H72NO7PS/c1-13-45(14-2)53(54,52-39-38(37-27-46-42(8,9)48-37)47-41-40(39)49-43(10,11)50-41)51-34-22-19-30(6)33(26-34)21-20-32-16-15-25-44(12)35(23-24-36(32)44)31(7)18-17-29(5)28(3)4/h17-18,20-21,28-29,31,34-41H,6,13-16,19,22-27H2,1-5,7-12H3/b18-17+,32-20+,33-21-/t29-,31+,34-,35+,36-,37-,38+,39+,40+,41+,44+,53?/m0/s1. The van der Waals surface area contributed by atoms with Crippen LogP contribution >= 0.6 is 6.64 Å². The summed E-state index contributed by atoms with van der Waals surface area (Å²) in [5.74, 6) is 1.76. The largest absolute Gasteiger partial charge is 0.348 e. The Morgan fingerprint density at radius 2 is 1.65 bits per heavy atom. The SMILES string of the molecule is C=C1CC[C@H](OP(=S)(O[C@H]2[C@H]3OC(C)(C)O[C@H]3O[C@@H]2[C@@H]2COC(C)(C)O2)N(CC)CC)C/C1=C/C=C1\CCC[C@]2(C)[C@@H]([C@H](C)/C=C/[C@H](C)C(C)C)CC[C@@H]12. The van der Waals surface area contributed by atoms with Crippen LogP contribution in [0.15, 0.2) is 47.6 Å². The first kappa shape index (κ1) is 42.9. The van der Waals surface area contributed by atoms with E-state index in [1.807, 2.05) is 27.7 Å². The van der Waals surface area contributed by atoms with Crippen molar-refractivity contribution in [2.24, 2.45) is 35.0 Å². The monoisotopic (exact) mass is 789 g/mol. The van der Waals surface area contributed by atoms with E-state index in [0.717, 1.165) is 25.2 Å². The second kappa shape index (κ2) is 16.9. The molecule has 10 heteroatoms. The fourth-order valence-electron chi connectivity index (χ4n) is 10.2. The Kier molecular flexibility index (Phi) is 13.4. The third-order valence-corrected chi connectivity index (χ3v) is 17.2. The number of hydrogen-bond acceptors (Lipinski definition) is 8. The summed E-state index contributed by atoms with van der Waals surface area (Å²) >= 11 is 6.51. The van der Waals surface area contributed by atoms with Gasteiger partial charge in [-0.05, 0) is 131 Å². The highest BCUT2D eigenvalue weighted by atomic mass is 32.5. The molecule has 3 aliphatic heterocycles. The molecule has 3 heterocycles. The molecule has 0 aromatic rings. The molecule has 6 rings (SSSR count). The van der Waals surface area contributed by atoms with Gasteiger partial charge in [-0.3, -0.25) is 0 Å². The smallest absolute Gasteiger partial charge is 0.264 e. The van der Waals surface area contributed by atoms with E-state index in [0.29, 0.717) is 48.8 Å². The van der Waals surface area contributed by atoms with Crippen molar-refractivity contribution in [2.45, 2.75) is 176 Å². The Hall–Kier alpha value is -0.710. The van der Waals surface area contributed by atoms with Gasteiger partial charge in [0.1, 0.15) is 24.4 Å². The summed E-state index contributed by atoms with van der Waals surface area (Å²) in [6, 6.07) is 0. The van der Waals surface area contributed by atoms with Gasteiger partial charge in [-0.1, -0.05) is 90.5 Å². The predicted molar refractivity (Wildman–Crippen MR) is 220 cm³/mol. The quantitative estimate of drug-likeness (QED) is 0.134. The summed E-state index contributed by atoms with van der Waals surface area (Å²) in [6.45, 7) is 27.2. The number of hydrogen-bond donors (Lipinski definition) is 0. The van der Waals surface area contributed by atoms with Crippen LogP contribution in [0.1, 0.15) is 128 Å². The van der Waals surface area contributed by atoms with Crippen molar-refractivity contribution >= 4 is 18.4 Å². The molecule has 0 N–H and O–H groups in total. The number of allylic oxidation sites excluding steroid dienone is 6. The molecule has 0 amide bonds. The molecule has 0 aromatic carbocycles. The third-order valence-electron chi connectivity index (χ3n) is 13.6. The van der Waals surface area contributed by atoms with Crippen LogP contribution < -0.4 is 0 Å². The van der Waals surface area contributed by atoms with Gasteiger partial charge in [0, 0.05) is 13.1 Å². The topological polar surface area (TPSA) is 67.9 Å². The molecule has 6 fully saturated rings. The third kappa shape index (κ3) is 9.12. The minimum Gasteiger partial charge on any atom is -0.348 e. The molecule has 3 saturated heterocycles. The lowest BCUT2D eigenvalue weighted by Gasteiger charge is -2.44. The first-order valence-corrected chi connectivity index (χ1v) is 23.8. The van der Waals surface area contributed by atoms with E-state index in [4.69, 9.17) is 44.5 Å². The second-order valence-electron chi connectivity index (χ2n) is 18.6. The van der Waals surface area contributed by atoms with Crippen LogP contribution in [0.25, 0.3) is 0 Å². The Bertz CT molecular complexity index is 1490. The molecule has 0 aromatic heterocycles. The number of fused-ring (bicyclic) bond motifs is 2. The van der Waals surface area contributed by atoms with Gasteiger partial charge in [0.15, 0.2) is 17.9 Å². The van der Waals surface area contributed by atoms with Crippen LogP contribution in [0.5, 0.6) is 0 Å². The summed E-state index contributed by atoms with van der Waals surface area (Å²) < 4.78 is 47.7. The molecular weight excluding hydrogens is 718 g/mol. The molecule has 54 heavy (non-hydrogen) atoms. The highest BCUT2D eigenvalue weighted by Gasteiger charge is 2.60. The van der Waals surface area contributed by atoms with Gasteiger partial charge in [0.05, 0.1) is 12.7 Å². The Balaban J connectivity index is 1.19. The average Bonchev–Trinajstić information content (AvgIpc) is 3.82. The van der Waals surface area contributed by atoms with Gasteiger partial charge in [0.2, 0.25) is 0 Å². The van der Waals surface area contributed by atoms with Crippen LogP contribution in [0.4, 0.5) is 0 Å². The highest BCUT2D eigenvalue weighted by molar-refractivity contribution is 8.08. The minimum atomic E-state index is -3.02. The zero-order valence-corrected chi connectivity index (χ0v) is 37.0. The maximum absolute atomic E-state index is 7.10. The molecule has 8 nitrogen and oxygen atoms in total. The maximum atomic E-state index is 7.10. The summed E-state index contributed by atoms with van der Waals surface area (Å²) in [5, 5.41) is 0. The fraction of sp³-hybridized carbons (Fsp3) is 0.818. The Morgan fingerprint density at radius 3 is 2.31 bits per heavy atom. The molecule has 0 bridgehead atoms. The molecule has 0 spiro atoms. The van der Waals surface area contributed by atoms with Gasteiger partial charge in [-0.15, -0.1) is 0 Å². The van der Waals surface area contributed by atoms with E-state index in [2.05, 4.69) is 84.0 Å². The number of ether oxygens (including phenoxy) is 5. The van der Waals surface area contributed by atoms with Crippen LogP contribution in [0.2, 0.25) is 0 Å². The van der Waals surface area contributed by atoms with Gasteiger partial charge in [-0.25, -0.2) is 4.67 Å². The first-order valence-electron chi connectivity index (χ1n) is 21.2. The number of rotatable bonds is 13. The van der Waals surface area contributed by atoms with Crippen molar-refractivity contribution in [1.82, 2.24) is 4.67 Å².